The Morgan fingerprint density at radius 1 is 1.25 bits per heavy atom. The molecule has 1 aromatic carbocycles. The summed E-state index contributed by atoms with van der Waals surface area (Å²) in [5.41, 5.74) is 2.69. The Kier molecular flexibility index (Phi) is 4.55. The third-order valence-corrected chi connectivity index (χ3v) is 3.72. The fraction of sp³-hybridized carbons (Fsp3) is 0.500. The highest BCUT2D eigenvalue weighted by molar-refractivity contribution is 6.01. The summed E-state index contributed by atoms with van der Waals surface area (Å²) in [4.78, 5) is 25.8. The van der Waals surface area contributed by atoms with Gasteiger partial charge in [-0.25, -0.2) is 0 Å². The van der Waals surface area contributed by atoms with Crippen LogP contribution in [0.3, 0.4) is 0 Å². The molecule has 0 atom stereocenters. The predicted molar refractivity (Wildman–Crippen MR) is 77.5 cm³/mol. The minimum absolute atomic E-state index is 0.0636. The normalized spacial score (nSPS) is 16.2. The summed E-state index contributed by atoms with van der Waals surface area (Å²) in [6.07, 6.45) is 1.11. The Morgan fingerprint density at radius 2 is 1.90 bits per heavy atom. The topological polar surface area (TPSA) is 46.6 Å². The highest BCUT2D eigenvalue weighted by Crippen LogP contribution is 2.25. The van der Waals surface area contributed by atoms with Crippen LogP contribution in [0, 0.1) is 13.8 Å². The molecule has 4 heteroatoms. The van der Waals surface area contributed by atoms with Crippen LogP contribution in [-0.4, -0.2) is 43.2 Å². The van der Waals surface area contributed by atoms with E-state index in [1.165, 1.54) is 0 Å². The van der Waals surface area contributed by atoms with E-state index in [9.17, 15) is 9.59 Å². The van der Waals surface area contributed by atoms with Gasteiger partial charge in [-0.1, -0.05) is 6.07 Å². The van der Waals surface area contributed by atoms with E-state index in [-0.39, 0.29) is 11.6 Å². The molecule has 0 aliphatic carbocycles. The van der Waals surface area contributed by atoms with Crippen LogP contribution in [0.2, 0.25) is 0 Å². The lowest BCUT2D eigenvalue weighted by Crippen LogP contribution is -2.37. The van der Waals surface area contributed by atoms with Crippen LogP contribution in [0.4, 0.5) is 0 Å². The lowest BCUT2D eigenvalue weighted by molar-refractivity contribution is -0.121. The van der Waals surface area contributed by atoms with E-state index in [1.807, 2.05) is 30.9 Å². The lowest BCUT2D eigenvalue weighted by Gasteiger charge is -2.25. The number of nitrogens with zero attached hydrogens (tertiary/aromatic N) is 1. The number of carbonyl (C=O) groups is 2. The fourth-order valence-corrected chi connectivity index (χ4v) is 2.69. The lowest BCUT2D eigenvalue weighted by atomic mass is 9.99. The number of carbonyl (C=O) groups excluding carboxylic acids is 2. The van der Waals surface area contributed by atoms with Crippen molar-refractivity contribution in [1.29, 1.82) is 0 Å². The number of hydrogen-bond acceptors (Lipinski definition) is 4. The third kappa shape index (κ3) is 3.25. The van der Waals surface area contributed by atoms with Crippen molar-refractivity contribution in [3.05, 3.63) is 28.8 Å². The van der Waals surface area contributed by atoms with E-state index in [0.29, 0.717) is 43.8 Å². The second-order valence-corrected chi connectivity index (χ2v) is 5.40. The van der Waals surface area contributed by atoms with Crippen molar-refractivity contribution in [2.75, 3.05) is 26.7 Å². The number of ketones is 2. The number of rotatable bonds is 4. The molecule has 0 spiro atoms. The molecule has 20 heavy (non-hydrogen) atoms. The molecule has 2 rings (SSSR count). The van der Waals surface area contributed by atoms with E-state index in [1.54, 1.807) is 7.11 Å². The maximum Gasteiger partial charge on any atom is 0.180 e. The van der Waals surface area contributed by atoms with Crippen LogP contribution in [0.15, 0.2) is 12.1 Å². The van der Waals surface area contributed by atoms with Crippen LogP contribution >= 0.6 is 0 Å². The van der Waals surface area contributed by atoms with Gasteiger partial charge in [-0.2, -0.15) is 0 Å². The molecule has 1 aliphatic rings. The first-order chi connectivity index (χ1) is 9.51. The van der Waals surface area contributed by atoms with Crippen LogP contribution in [0.5, 0.6) is 5.75 Å². The largest absolute Gasteiger partial charge is 0.496 e. The number of ether oxygens (including phenoxy) is 1. The molecule has 1 saturated heterocycles. The molecule has 0 N–H and O–H groups in total. The number of benzene rings is 1. The van der Waals surface area contributed by atoms with E-state index in [0.717, 1.165) is 11.1 Å². The van der Waals surface area contributed by atoms with Crippen LogP contribution in [0.25, 0.3) is 0 Å². The highest BCUT2D eigenvalue weighted by atomic mass is 16.5. The first-order valence-electron chi connectivity index (χ1n) is 6.93. The number of aryl methyl sites for hydroxylation is 2. The second kappa shape index (κ2) is 6.18. The fourth-order valence-electron chi connectivity index (χ4n) is 2.69. The minimum Gasteiger partial charge on any atom is -0.496 e. The molecule has 0 unspecified atom stereocenters. The average Bonchev–Trinajstić information content (AvgIpc) is 2.40. The molecule has 0 bridgehead atoms. The van der Waals surface area contributed by atoms with Crippen molar-refractivity contribution in [3.63, 3.8) is 0 Å². The van der Waals surface area contributed by atoms with Crippen molar-refractivity contribution in [2.45, 2.75) is 26.7 Å². The Hall–Kier alpha value is -1.68. The standard InChI is InChI=1S/C16H21NO3/c1-11-8-12(2)16(15(9-11)20-3)14(19)10-17-6-4-13(18)5-7-17/h8-9H,4-7,10H2,1-3H3. The minimum atomic E-state index is 0.0636. The molecular weight excluding hydrogens is 254 g/mol. The van der Waals surface area contributed by atoms with Gasteiger partial charge >= 0.3 is 0 Å². The predicted octanol–water partition coefficient (Wildman–Crippen LogP) is 2.16. The summed E-state index contributed by atoms with van der Waals surface area (Å²) in [7, 11) is 1.59. The Labute approximate surface area is 119 Å². The summed E-state index contributed by atoms with van der Waals surface area (Å²) < 4.78 is 5.34. The SMILES string of the molecule is COc1cc(C)cc(C)c1C(=O)CN1CCC(=O)CC1. The molecule has 1 fully saturated rings. The number of hydrogen-bond donors (Lipinski definition) is 0. The Balaban J connectivity index is 2.15. The van der Waals surface area contributed by atoms with Crippen molar-refractivity contribution >= 4 is 11.6 Å². The first-order valence-corrected chi connectivity index (χ1v) is 6.93. The number of Topliss-reactive ketones (excluding diaryl/α,β-unsaturated/α-hetero) is 2. The molecule has 0 radical (unpaired) electrons. The summed E-state index contributed by atoms with van der Waals surface area (Å²) >= 11 is 0. The zero-order valence-electron chi connectivity index (χ0n) is 12.4. The maximum atomic E-state index is 12.5. The number of piperidine rings is 1. The zero-order valence-corrected chi connectivity index (χ0v) is 12.4. The molecule has 1 aromatic rings. The third-order valence-electron chi connectivity index (χ3n) is 3.72. The molecular formula is C16H21NO3. The van der Waals surface area contributed by atoms with Gasteiger partial charge in [0.1, 0.15) is 11.5 Å². The quantitative estimate of drug-likeness (QED) is 0.790. The smallest absolute Gasteiger partial charge is 0.180 e. The summed E-state index contributed by atoms with van der Waals surface area (Å²) in [6, 6.07) is 3.88. The van der Waals surface area contributed by atoms with Gasteiger partial charge in [0.2, 0.25) is 0 Å². The van der Waals surface area contributed by atoms with Gasteiger partial charge in [-0.3, -0.25) is 14.5 Å². The molecule has 0 amide bonds. The molecule has 4 nitrogen and oxygen atoms in total. The molecule has 0 aromatic heterocycles. The first kappa shape index (κ1) is 14.7. The number of methoxy groups -OCH3 is 1. The zero-order chi connectivity index (χ0) is 14.7. The van der Waals surface area contributed by atoms with Gasteiger partial charge in [-0.15, -0.1) is 0 Å². The van der Waals surface area contributed by atoms with Gasteiger partial charge in [0.05, 0.1) is 19.2 Å². The van der Waals surface area contributed by atoms with Gasteiger partial charge in [0, 0.05) is 25.9 Å². The Morgan fingerprint density at radius 3 is 2.50 bits per heavy atom. The summed E-state index contributed by atoms with van der Waals surface area (Å²) in [5, 5.41) is 0. The summed E-state index contributed by atoms with van der Waals surface area (Å²) in [5.74, 6) is 0.993. The van der Waals surface area contributed by atoms with Gasteiger partial charge < -0.3 is 4.74 Å². The maximum absolute atomic E-state index is 12.5. The summed E-state index contributed by atoms with van der Waals surface area (Å²) in [6.45, 7) is 5.63. The van der Waals surface area contributed by atoms with Crippen molar-refractivity contribution < 1.29 is 14.3 Å². The van der Waals surface area contributed by atoms with E-state index < -0.39 is 0 Å². The van der Waals surface area contributed by atoms with Crippen LogP contribution < -0.4 is 4.74 Å². The van der Waals surface area contributed by atoms with Crippen molar-refractivity contribution in [3.8, 4) is 5.75 Å². The molecule has 0 saturated carbocycles. The van der Waals surface area contributed by atoms with Gasteiger partial charge in [-0.05, 0) is 31.0 Å². The molecule has 108 valence electrons. The van der Waals surface area contributed by atoms with Crippen LogP contribution in [0.1, 0.15) is 34.3 Å². The van der Waals surface area contributed by atoms with E-state index >= 15 is 0 Å². The van der Waals surface area contributed by atoms with Crippen molar-refractivity contribution in [1.82, 2.24) is 4.90 Å². The van der Waals surface area contributed by atoms with Crippen molar-refractivity contribution in [2.24, 2.45) is 0 Å². The van der Waals surface area contributed by atoms with E-state index in [2.05, 4.69) is 0 Å². The van der Waals surface area contributed by atoms with E-state index in [4.69, 9.17) is 4.74 Å². The van der Waals surface area contributed by atoms with Crippen LogP contribution in [-0.2, 0) is 4.79 Å². The number of likely N-dealkylation sites (tertiary alicyclic amines) is 1. The Bertz CT molecular complexity index is 527. The second-order valence-electron chi connectivity index (χ2n) is 5.40. The van der Waals surface area contributed by atoms with Gasteiger partial charge in [0.25, 0.3) is 0 Å². The molecule has 1 aliphatic heterocycles. The highest BCUT2D eigenvalue weighted by Gasteiger charge is 2.22. The van der Waals surface area contributed by atoms with Gasteiger partial charge in [0.15, 0.2) is 5.78 Å². The average molecular weight is 275 g/mol. The monoisotopic (exact) mass is 275 g/mol. The molecule has 1 heterocycles.